The predicted molar refractivity (Wildman–Crippen MR) is 145 cm³/mol. The number of alkyl halides is 1. The summed E-state index contributed by atoms with van der Waals surface area (Å²) >= 11 is 0. The number of aromatic nitrogens is 2. The molecule has 0 spiro atoms. The third kappa shape index (κ3) is 4.94. The van der Waals surface area contributed by atoms with Gasteiger partial charge >= 0.3 is 0 Å². The second-order valence-corrected chi connectivity index (χ2v) is 12.0. The van der Waals surface area contributed by atoms with E-state index in [1.807, 2.05) is 22.8 Å². The summed E-state index contributed by atoms with van der Waals surface area (Å²) in [5, 5.41) is 3.51. The second-order valence-electron chi connectivity index (χ2n) is 12.0. The fourth-order valence-corrected chi connectivity index (χ4v) is 6.13. The molecular weight excluding hydrogens is 483 g/mol. The number of carbonyl (C=O) groups excluding carboxylic acids is 2. The fraction of sp³-hybridized carbons (Fsp3) is 0.586. The van der Waals surface area contributed by atoms with E-state index in [1.165, 1.54) is 0 Å². The average Bonchev–Trinajstić information content (AvgIpc) is 3.33. The number of nitrogens with one attached hydrogen (secondary N) is 1. The molecule has 38 heavy (non-hydrogen) atoms. The van der Waals surface area contributed by atoms with Crippen LogP contribution in [0, 0.1) is 0 Å². The largest absolute Gasteiger partial charge is 0.333 e. The number of hydrogen-bond acceptors (Lipinski definition) is 6. The summed E-state index contributed by atoms with van der Waals surface area (Å²) in [6, 6.07) is 3.91. The number of anilines is 1. The van der Waals surface area contributed by atoms with Crippen molar-refractivity contribution in [3.63, 3.8) is 0 Å². The van der Waals surface area contributed by atoms with Crippen LogP contribution in [0.3, 0.4) is 0 Å². The summed E-state index contributed by atoms with van der Waals surface area (Å²) in [5.41, 5.74) is 1.96. The van der Waals surface area contributed by atoms with Crippen molar-refractivity contribution in [1.29, 1.82) is 0 Å². The van der Waals surface area contributed by atoms with E-state index >= 15 is 4.39 Å². The van der Waals surface area contributed by atoms with Gasteiger partial charge in [-0.3, -0.25) is 24.5 Å². The first kappa shape index (κ1) is 26.7. The van der Waals surface area contributed by atoms with E-state index in [-0.39, 0.29) is 35.9 Å². The minimum atomic E-state index is -1.54. The zero-order valence-electron chi connectivity index (χ0n) is 23.1. The third-order valence-electron chi connectivity index (χ3n) is 8.30. The first-order valence-corrected chi connectivity index (χ1v) is 13.7. The summed E-state index contributed by atoms with van der Waals surface area (Å²) in [6.45, 7) is 13.1. The van der Waals surface area contributed by atoms with Gasteiger partial charge in [0.05, 0.1) is 23.5 Å². The maximum atomic E-state index is 15.4. The molecule has 0 radical (unpaired) electrons. The average molecular weight is 523 g/mol. The Labute approximate surface area is 224 Å². The van der Waals surface area contributed by atoms with Crippen LogP contribution in [0.1, 0.15) is 74.6 Å². The highest BCUT2D eigenvalue weighted by atomic mass is 19.1. The number of pyridine rings is 2. The quantitative estimate of drug-likeness (QED) is 0.600. The van der Waals surface area contributed by atoms with Gasteiger partial charge in [-0.2, -0.15) is 0 Å². The smallest absolute Gasteiger partial charge is 0.256 e. The molecule has 2 aromatic heterocycles. The summed E-state index contributed by atoms with van der Waals surface area (Å²) in [5.74, 6) is -0.0149. The number of rotatable bonds is 7. The lowest BCUT2D eigenvalue weighted by atomic mass is 9.87. The highest BCUT2D eigenvalue weighted by molar-refractivity contribution is 5.98. The van der Waals surface area contributed by atoms with Gasteiger partial charge in [0.15, 0.2) is 0 Å². The van der Waals surface area contributed by atoms with Crippen molar-refractivity contribution in [3.05, 3.63) is 53.1 Å². The molecule has 0 aliphatic carbocycles. The van der Waals surface area contributed by atoms with E-state index in [4.69, 9.17) is 0 Å². The normalized spacial score (nSPS) is 24.3. The summed E-state index contributed by atoms with van der Waals surface area (Å²) in [6.07, 6.45) is 6.20. The lowest BCUT2D eigenvalue weighted by Crippen LogP contribution is -2.60. The molecule has 5 rings (SSSR count). The Hall–Kier alpha value is -2.91. The van der Waals surface area contributed by atoms with Crippen LogP contribution >= 0.6 is 0 Å². The molecule has 0 bridgehead atoms. The van der Waals surface area contributed by atoms with E-state index in [0.29, 0.717) is 56.8 Å². The zero-order valence-corrected chi connectivity index (χ0v) is 23.1. The van der Waals surface area contributed by atoms with E-state index in [1.54, 1.807) is 31.6 Å². The molecule has 3 atom stereocenters. The Bertz CT molecular complexity index is 1230. The summed E-state index contributed by atoms with van der Waals surface area (Å²) in [4.78, 5) is 41.3. The molecule has 1 fully saturated rings. The van der Waals surface area contributed by atoms with Gasteiger partial charge in [-0.1, -0.05) is 27.2 Å². The summed E-state index contributed by atoms with van der Waals surface area (Å²) < 4.78 is 15.4. The number of carbonyl (C=O) groups is 2. The molecular formula is C29H39FN6O2. The lowest BCUT2D eigenvalue weighted by Gasteiger charge is -2.41. The van der Waals surface area contributed by atoms with Gasteiger partial charge in [0.2, 0.25) is 5.91 Å². The predicted octanol–water partition coefficient (Wildman–Crippen LogP) is 3.40. The van der Waals surface area contributed by atoms with E-state index in [0.717, 1.165) is 16.8 Å². The fourth-order valence-electron chi connectivity index (χ4n) is 6.13. The third-order valence-corrected chi connectivity index (χ3v) is 8.30. The minimum Gasteiger partial charge on any atom is -0.333 e. The molecule has 1 saturated heterocycles. The molecule has 1 N–H and O–H groups in total. The molecule has 3 aliphatic rings. The number of nitrogens with zero attached hydrogens (tertiary/aromatic N) is 5. The number of fused-ring (bicyclic) bond motifs is 2. The number of hydrogen-bond donors (Lipinski definition) is 1. The van der Waals surface area contributed by atoms with Crippen molar-refractivity contribution in [2.75, 3.05) is 37.6 Å². The zero-order chi connectivity index (χ0) is 27.2. The molecule has 2 aromatic rings. The van der Waals surface area contributed by atoms with E-state index in [2.05, 4.69) is 41.0 Å². The summed E-state index contributed by atoms with van der Waals surface area (Å²) in [7, 11) is 0. The minimum absolute atomic E-state index is 0.00291. The molecule has 3 aliphatic heterocycles. The van der Waals surface area contributed by atoms with Crippen LogP contribution in [-0.2, 0) is 22.4 Å². The number of piperazine rings is 1. The van der Waals surface area contributed by atoms with Crippen LogP contribution in [0.2, 0.25) is 0 Å². The van der Waals surface area contributed by atoms with Crippen molar-refractivity contribution in [2.45, 2.75) is 77.2 Å². The molecule has 5 heterocycles. The Balaban J connectivity index is 1.35. The Kier molecular flexibility index (Phi) is 7.02. The Morgan fingerprint density at radius 2 is 2.11 bits per heavy atom. The highest BCUT2D eigenvalue weighted by Crippen LogP contribution is 2.42. The SMILES string of the molecule is CCCC(C)(F)c1cc2c(cn1)C(C)(C)CN2C(=O)CN1C[C@@H](C)NC[C@@H]1CN1Cc2ccncc2C1=O. The van der Waals surface area contributed by atoms with Crippen LogP contribution in [0.25, 0.3) is 0 Å². The molecule has 204 valence electrons. The van der Waals surface area contributed by atoms with Crippen LogP contribution in [-0.4, -0.2) is 76.4 Å². The van der Waals surface area contributed by atoms with E-state index < -0.39 is 5.67 Å². The first-order valence-electron chi connectivity index (χ1n) is 13.7. The molecule has 0 aromatic carbocycles. The molecule has 9 heteroatoms. The van der Waals surface area contributed by atoms with Crippen LogP contribution in [0.15, 0.2) is 30.7 Å². The monoisotopic (exact) mass is 522 g/mol. The Morgan fingerprint density at radius 1 is 1.32 bits per heavy atom. The van der Waals surface area contributed by atoms with Gasteiger partial charge in [-0.05, 0) is 38.0 Å². The molecule has 0 saturated carbocycles. The molecule has 8 nitrogen and oxygen atoms in total. The first-order chi connectivity index (χ1) is 18.0. The highest BCUT2D eigenvalue weighted by Gasteiger charge is 2.41. The van der Waals surface area contributed by atoms with Crippen LogP contribution < -0.4 is 10.2 Å². The Morgan fingerprint density at radius 3 is 2.84 bits per heavy atom. The van der Waals surface area contributed by atoms with Gasteiger partial charge in [-0.15, -0.1) is 0 Å². The maximum Gasteiger partial charge on any atom is 0.256 e. The second kappa shape index (κ2) is 10.0. The van der Waals surface area contributed by atoms with Gasteiger partial charge < -0.3 is 15.1 Å². The number of halogens is 1. The number of amides is 2. The van der Waals surface area contributed by atoms with Crippen molar-refractivity contribution in [1.82, 2.24) is 25.1 Å². The van der Waals surface area contributed by atoms with Gasteiger partial charge in [0, 0.05) is 74.4 Å². The van der Waals surface area contributed by atoms with Gasteiger partial charge in [-0.25, -0.2) is 4.39 Å². The van der Waals surface area contributed by atoms with Gasteiger partial charge in [0.25, 0.3) is 5.91 Å². The standard InChI is InChI=1S/C29H39FN6O2/c1-6-8-29(5,30)25-10-24-23(13-33-25)28(3,4)18-36(24)26(37)17-34-14-19(2)32-11-21(34)16-35-15-20-7-9-31-12-22(20)27(35)38/h7,9-10,12-13,19,21,32H,6,8,11,14-18H2,1-5H3/t19-,21-,29?/m1/s1. The topological polar surface area (TPSA) is 81.7 Å². The van der Waals surface area contributed by atoms with Crippen LogP contribution in [0.5, 0.6) is 0 Å². The van der Waals surface area contributed by atoms with Crippen molar-refractivity contribution >= 4 is 17.5 Å². The van der Waals surface area contributed by atoms with Crippen LogP contribution in [0.4, 0.5) is 10.1 Å². The van der Waals surface area contributed by atoms with Crippen molar-refractivity contribution in [2.24, 2.45) is 0 Å². The van der Waals surface area contributed by atoms with Crippen molar-refractivity contribution in [3.8, 4) is 0 Å². The molecule has 1 unspecified atom stereocenters. The van der Waals surface area contributed by atoms with Crippen molar-refractivity contribution < 1.29 is 14.0 Å². The van der Waals surface area contributed by atoms with E-state index in [9.17, 15) is 9.59 Å². The maximum absolute atomic E-state index is 15.4. The molecule has 2 amide bonds. The lowest BCUT2D eigenvalue weighted by molar-refractivity contribution is -0.120. The van der Waals surface area contributed by atoms with Gasteiger partial charge in [0.1, 0.15) is 5.67 Å².